The number of carbonyl (C=O) groups is 3. The highest BCUT2D eigenvalue weighted by molar-refractivity contribution is 7.20. The molecule has 0 radical (unpaired) electrons. The summed E-state index contributed by atoms with van der Waals surface area (Å²) in [7, 11) is 3.23. The Morgan fingerprint density at radius 3 is 2.67 bits per heavy atom. The highest BCUT2D eigenvalue weighted by Crippen LogP contribution is 2.27. The number of aromatic nitrogens is 2. The van der Waals surface area contributed by atoms with Crippen molar-refractivity contribution in [3.8, 4) is 0 Å². The number of carboxylic acid groups (broad SMARTS) is 1. The van der Waals surface area contributed by atoms with E-state index in [-0.39, 0.29) is 18.9 Å². The molecule has 148 valence electrons. The molecule has 0 spiro atoms. The minimum Gasteiger partial charge on any atom is -0.481 e. The van der Waals surface area contributed by atoms with Crippen LogP contribution in [-0.2, 0) is 21.4 Å². The molecule has 0 saturated carbocycles. The van der Waals surface area contributed by atoms with Gasteiger partial charge in [0.05, 0.1) is 29.1 Å². The van der Waals surface area contributed by atoms with E-state index in [1.165, 1.54) is 18.4 Å². The van der Waals surface area contributed by atoms with Crippen LogP contribution in [0.3, 0.4) is 0 Å². The molecule has 0 aliphatic heterocycles. The first-order chi connectivity index (χ1) is 12.6. The van der Waals surface area contributed by atoms with Gasteiger partial charge < -0.3 is 20.5 Å². The lowest BCUT2D eigenvalue weighted by molar-refractivity contribution is -0.139. The SMILES string of the molecule is COCC(C)(CC(=O)O)NC(=O)C(C)NC(=O)c1cc2c(C)nn(C)c2s1. The highest BCUT2D eigenvalue weighted by atomic mass is 32.1. The predicted octanol–water partition coefficient (Wildman–Crippen LogP) is 1.06. The Morgan fingerprint density at radius 2 is 2.11 bits per heavy atom. The molecule has 2 aromatic rings. The van der Waals surface area contributed by atoms with Gasteiger partial charge in [-0.3, -0.25) is 19.1 Å². The van der Waals surface area contributed by atoms with Gasteiger partial charge in [-0.25, -0.2) is 0 Å². The van der Waals surface area contributed by atoms with Gasteiger partial charge in [-0.2, -0.15) is 5.10 Å². The van der Waals surface area contributed by atoms with Crippen LogP contribution in [0.5, 0.6) is 0 Å². The third-order valence-electron chi connectivity index (χ3n) is 4.09. The van der Waals surface area contributed by atoms with Gasteiger partial charge in [-0.15, -0.1) is 11.3 Å². The number of fused-ring (bicyclic) bond motifs is 1. The fraction of sp³-hybridized carbons (Fsp3) is 0.529. The van der Waals surface area contributed by atoms with Crippen LogP contribution in [0.1, 0.15) is 35.6 Å². The molecule has 27 heavy (non-hydrogen) atoms. The zero-order valence-electron chi connectivity index (χ0n) is 16.0. The van der Waals surface area contributed by atoms with Gasteiger partial charge in [0, 0.05) is 19.5 Å². The van der Waals surface area contributed by atoms with Crippen molar-refractivity contribution in [3.05, 3.63) is 16.6 Å². The van der Waals surface area contributed by atoms with Crippen molar-refractivity contribution in [2.24, 2.45) is 7.05 Å². The molecule has 2 amide bonds. The number of aryl methyl sites for hydroxylation is 2. The van der Waals surface area contributed by atoms with E-state index in [0.29, 0.717) is 4.88 Å². The number of amides is 2. The summed E-state index contributed by atoms with van der Waals surface area (Å²) >= 11 is 1.30. The maximum absolute atomic E-state index is 12.5. The lowest BCUT2D eigenvalue weighted by atomic mass is 9.98. The zero-order valence-corrected chi connectivity index (χ0v) is 16.8. The summed E-state index contributed by atoms with van der Waals surface area (Å²) in [5, 5.41) is 19.5. The number of rotatable bonds is 8. The molecule has 0 fully saturated rings. The van der Waals surface area contributed by atoms with Crippen molar-refractivity contribution in [1.29, 1.82) is 0 Å². The summed E-state index contributed by atoms with van der Waals surface area (Å²) in [6, 6.07) is 0.911. The van der Waals surface area contributed by atoms with Gasteiger partial charge in [-0.05, 0) is 26.8 Å². The maximum Gasteiger partial charge on any atom is 0.305 e. The average molecular weight is 396 g/mol. The first-order valence-corrected chi connectivity index (χ1v) is 9.14. The Labute approximate surface area is 160 Å². The van der Waals surface area contributed by atoms with Crippen LogP contribution in [0, 0.1) is 6.92 Å². The Balaban J connectivity index is 2.06. The standard InChI is InChI=1S/C17H24N4O5S/c1-9-11-6-12(27-16(11)21(4)20-9)15(25)18-10(2)14(24)19-17(3,8-26-5)7-13(22)23/h6,10H,7-8H2,1-5H3,(H,18,25)(H,19,24)(H,22,23). The zero-order chi connectivity index (χ0) is 20.4. The van der Waals surface area contributed by atoms with Gasteiger partial charge in [0.1, 0.15) is 10.9 Å². The normalized spacial score (nSPS) is 14.6. The molecule has 0 aliphatic carbocycles. The first kappa shape index (κ1) is 20.8. The number of hydrogen-bond donors (Lipinski definition) is 3. The van der Waals surface area contributed by atoms with Crippen molar-refractivity contribution in [2.75, 3.05) is 13.7 Å². The monoisotopic (exact) mass is 396 g/mol. The van der Waals surface area contributed by atoms with E-state index < -0.39 is 23.5 Å². The minimum absolute atomic E-state index is 0.0360. The van der Waals surface area contributed by atoms with E-state index in [0.717, 1.165) is 15.9 Å². The number of thiophene rings is 1. The molecule has 2 unspecified atom stereocenters. The van der Waals surface area contributed by atoms with Crippen LogP contribution >= 0.6 is 11.3 Å². The van der Waals surface area contributed by atoms with E-state index in [1.54, 1.807) is 24.6 Å². The Kier molecular flexibility index (Phi) is 6.22. The van der Waals surface area contributed by atoms with Crippen molar-refractivity contribution < 1.29 is 24.2 Å². The fourth-order valence-corrected chi connectivity index (χ4v) is 3.87. The van der Waals surface area contributed by atoms with Gasteiger partial charge in [0.15, 0.2) is 0 Å². The van der Waals surface area contributed by atoms with Crippen LogP contribution in [0.25, 0.3) is 10.2 Å². The van der Waals surface area contributed by atoms with Gasteiger partial charge in [0.2, 0.25) is 5.91 Å². The molecule has 0 aromatic carbocycles. The lowest BCUT2D eigenvalue weighted by Crippen LogP contribution is -2.56. The van der Waals surface area contributed by atoms with Gasteiger partial charge in [0.25, 0.3) is 5.91 Å². The third-order valence-corrected chi connectivity index (χ3v) is 5.29. The van der Waals surface area contributed by atoms with Gasteiger partial charge in [-0.1, -0.05) is 0 Å². The van der Waals surface area contributed by atoms with E-state index >= 15 is 0 Å². The summed E-state index contributed by atoms with van der Waals surface area (Å²) in [6.45, 7) is 5.03. The molecule has 0 saturated heterocycles. The molecule has 2 aromatic heterocycles. The molecular weight excluding hydrogens is 372 g/mol. The van der Waals surface area contributed by atoms with Gasteiger partial charge >= 0.3 is 5.97 Å². The largest absolute Gasteiger partial charge is 0.481 e. The number of aliphatic carboxylic acids is 1. The predicted molar refractivity (Wildman–Crippen MR) is 101 cm³/mol. The second-order valence-corrected chi connectivity index (χ2v) is 7.82. The molecule has 3 N–H and O–H groups in total. The third kappa shape index (κ3) is 4.83. The highest BCUT2D eigenvalue weighted by Gasteiger charge is 2.31. The maximum atomic E-state index is 12.5. The van der Waals surface area contributed by atoms with Crippen LogP contribution < -0.4 is 10.6 Å². The van der Waals surface area contributed by atoms with E-state index in [2.05, 4.69) is 15.7 Å². The topological polar surface area (TPSA) is 123 Å². The second kappa shape index (κ2) is 8.05. The molecule has 0 aliphatic rings. The minimum atomic E-state index is -1.07. The molecular formula is C17H24N4O5S. The van der Waals surface area contributed by atoms with Crippen LogP contribution in [0.4, 0.5) is 0 Å². The van der Waals surface area contributed by atoms with Crippen molar-refractivity contribution in [1.82, 2.24) is 20.4 Å². The number of hydrogen-bond acceptors (Lipinski definition) is 6. The fourth-order valence-electron chi connectivity index (χ4n) is 2.84. The van der Waals surface area contributed by atoms with Crippen LogP contribution in [0.2, 0.25) is 0 Å². The lowest BCUT2D eigenvalue weighted by Gasteiger charge is -2.30. The summed E-state index contributed by atoms with van der Waals surface area (Å²) in [4.78, 5) is 37.3. The number of nitrogens with zero attached hydrogens (tertiary/aromatic N) is 2. The van der Waals surface area contributed by atoms with Crippen molar-refractivity contribution >= 4 is 39.3 Å². The Morgan fingerprint density at radius 1 is 1.44 bits per heavy atom. The number of nitrogens with one attached hydrogen (secondary N) is 2. The number of methoxy groups -OCH3 is 1. The summed E-state index contributed by atoms with van der Waals surface area (Å²) in [5.41, 5.74) is -0.241. The van der Waals surface area contributed by atoms with E-state index in [4.69, 9.17) is 9.84 Å². The number of carbonyl (C=O) groups excluding carboxylic acids is 2. The molecule has 2 rings (SSSR count). The van der Waals surface area contributed by atoms with Crippen molar-refractivity contribution in [3.63, 3.8) is 0 Å². The summed E-state index contributed by atoms with van der Waals surface area (Å²) in [6.07, 6.45) is -0.296. The average Bonchev–Trinajstić information content (AvgIpc) is 3.08. The Hall–Kier alpha value is -2.46. The summed E-state index contributed by atoms with van der Waals surface area (Å²) in [5.74, 6) is -1.91. The van der Waals surface area contributed by atoms with Crippen molar-refractivity contribution in [2.45, 2.75) is 38.8 Å². The summed E-state index contributed by atoms with van der Waals surface area (Å²) < 4.78 is 6.73. The number of carboxylic acids is 1. The van der Waals surface area contributed by atoms with E-state index in [1.807, 2.05) is 14.0 Å². The first-order valence-electron chi connectivity index (χ1n) is 8.33. The molecule has 10 heteroatoms. The van der Waals surface area contributed by atoms with Crippen LogP contribution in [0.15, 0.2) is 6.07 Å². The van der Waals surface area contributed by atoms with E-state index in [9.17, 15) is 14.4 Å². The molecule has 2 heterocycles. The van der Waals surface area contributed by atoms with Crippen LogP contribution in [-0.4, -0.2) is 58.0 Å². The molecule has 0 bridgehead atoms. The number of ether oxygens (including phenoxy) is 1. The quantitative estimate of drug-likeness (QED) is 0.613. The Bertz CT molecular complexity index is 840. The molecule has 2 atom stereocenters. The molecule has 9 nitrogen and oxygen atoms in total. The smallest absolute Gasteiger partial charge is 0.305 e. The second-order valence-electron chi connectivity index (χ2n) is 6.79.